The van der Waals surface area contributed by atoms with Crippen molar-refractivity contribution in [3.05, 3.63) is 28.2 Å². The second kappa shape index (κ2) is 6.74. The van der Waals surface area contributed by atoms with Crippen LogP contribution in [0.15, 0.2) is 22.7 Å². The summed E-state index contributed by atoms with van der Waals surface area (Å²) in [5, 5.41) is 9.01. The zero-order valence-electron chi connectivity index (χ0n) is 10.1. The molecule has 0 atom stereocenters. The number of halogens is 1. The highest BCUT2D eigenvalue weighted by molar-refractivity contribution is 9.10. The third kappa shape index (κ3) is 3.70. The smallest absolute Gasteiger partial charge is 0.137 e. The van der Waals surface area contributed by atoms with Crippen LogP contribution in [0.5, 0.6) is 5.75 Å². The van der Waals surface area contributed by atoms with Gasteiger partial charge in [-0.3, -0.25) is 4.90 Å². The molecule has 5 heteroatoms. The minimum atomic E-state index is 0.561. The first kappa shape index (κ1) is 13.3. The van der Waals surface area contributed by atoms with Gasteiger partial charge in [0.25, 0.3) is 0 Å². The van der Waals surface area contributed by atoms with Crippen LogP contribution in [0.1, 0.15) is 5.56 Å². The predicted molar refractivity (Wildman–Crippen MR) is 71.6 cm³/mol. The maximum Gasteiger partial charge on any atom is 0.137 e. The lowest BCUT2D eigenvalue weighted by Crippen LogP contribution is -2.38. The minimum Gasteiger partial charge on any atom is -0.491 e. The van der Waals surface area contributed by atoms with Gasteiger partial charge in [0.15, 0.2) is 0 Å². The van der Waals surface area contributed by atoms with Crippen molar-refractivity contribution in [3.8, 4) is 11.8 Å². The fraction of sp³-hybridized carbons (Fsp3) is 0.462. The molecule has 0 saturated carbocycles. The molecule has 96 valence electrons. The summed E-state index contributed by atoms with van der Waals surface area (Å²) < 4.78 is 11.8. The van der Waals surface area contributed by atoms with Gasteiger partial charge in [-0.05, 0) is 18.2 Å². The number of nitriles is 1. The Kier molecular flexibility index (Phi) is 5.00. The summed E-state index contributed by atoms with van der Waals surface area (Å²) in [4.78, 5) is 2.30. The van der Waals surface area contributed by atoms with Gasteiger partial charge in [0.2, 0.25) is 0 Å². The van der Waals surface area contributed by atoms with Crippen molar-refractivity contribution >= 4 is 15.9 Å². The van der Waals surface area contributed by atoms with E-state index in [4.69, 9.17) is 14.7 Å². The molecule has 0 unspecified atom stereocenters. The highest BCUT2D eigenvalue weighted by atomic mass is 79.9. The lowest BCUT2D eigenvalue weighted by molar-refractivity contribution is 0.0322. The molecule has 1 heterocycles. The number of ether oxygens (including phenoxy) is 2. The number of nitrogens with zero attached hydrogens (tertiary/aromatic N) is 2. The zero-order chi connectivity index (χ0) is 12.8. The molecule has 18 heavy (non-hydrogen) atoms. The van der Waals surface area contributed by atoms with Crippen molar-refractivity contribution in [3.63, 3.8) is 0 Å². The van der Waals surface area contributed by atoms with E-state index in [9.17, 15) is 0 Å². The number of rotatable bonds is 4. The third-order valence-corrected chi connectivity index (χ3v) is 3.32. The topological polar surface area (TPSA) is 45.5 Å². The Morgan fingerprint density at radius 3 is 2.89 bits per heavy atom. The Morgan fingerprint density at radius 2 is 2.17 bits per heavy atom. The van der Waals surface area contributed by atoms with Crippen LogP contribution in [-0.4, -0.2) is 44.4 Å². The van der Waals surface area contributed by atoms with Gasteiger partial charge < -0.3 is 9.47 Å². The summed E-state index contributed by atoms with van der Waals surface area (Å²) in [7, 11) is 0. The van der Waals surface area contributed by atoms with Crippen molar-refractivity contribution < 1.29 is 9.47 Å². The lowest BCUT2D eigenvalue weighted by atomic mass is 10.2. The molecule has 1 saturated heterocycles. The van der Waals surface area contributed by atoms with Gasteiger partial charge >= 0.3 is 0 Å². The molecule has 0 radical (unpaired) electrons. The van der Waals surface area contributed by atoms with Crippen LogP contribution < -0.4 is 4.74 Å². The summed E-state index contributed by atoms with van der Waals surface area (Å²) in [5.41, 5.74) is 0.561. The summed E-state index contributed by atoms with van der Waals surface area (Å²) in [5.74, 6) is 0.647. The number of morpholine rings is 1. The quantitative estimate of drug-likeness (QED) is 0.853. The SMILES string of the molecule is N#Cc1cc(Br)ccc1OCCN1CCOCC1. The van der Waals surface area contributed by atoms with Crippen molar-refractivity contribution in [1.82, 2.24) is 4.90 Å². The van der Waals surface area contributed by atoms with Gasteiger partial charge in [-0.15, -0.1) is 0 Å². The molecule has 1 aliphatic heterocycles. The van der Waals surface area contributed by atoms with Gasteiger partial charge in [0, 0.05) is 24.1 Å². The van der Waals surface area contributed by atoms with E-state index in [0.29, 0.717) is 17.9 Å². The van der Waals surface area contributed by atoms with Crippen LogP contribution in [0.4, 0.5) is 0 Å². The fourth-order valence-corrected chi connectivity index (χ4v) is 2.19. The average molecular weight is 311 g/mol. The Hall–Kier alpha value is -1.09. The first-order valence-electron chi connectivity index (χ1n) is 5.92. The largest absolute Gasteiger partial charge is 0.491 e. The van der Waals surface area contributed by atoms with Gasteiger partial charge in [-0.2, -0.15) is 5.26 Å². The number of hydrogen-bond acceptors (Lipinski definition) is 4. The number of hydrogen-bond donors (Lipinski definition) is 0. The molecule has 4 nitrogen and oxygen atoms in total. The van der Waals surface area contributed by atoms with Gasteiger partial charge in [0.1, 0.15) is 18.4 Å². The van der Waals surface area contributed by atoms with Gasteiger partial charge in [-0.25, -0.2) is 0 Å². The Morgan fingerprint density at radius 1 is 1.39 bits per heavy atom. The monoisotopic (exact) mass is 310 g/mol. The molecule has 1 aromatic rings. The molecule has 0 amide bonds. The lowest BCUT2D eigenvalue weighted by Gasteiger charge is -2.26. The van der Waals surface area contributed by atoms with E-state index in [2.05, 4.69) is 26.9 Å². The van der Waals surface area contributed by atoms with Gasteiger partial charge in [0.05, 0.1) is 18.8 Å². The standard InChI is InChI=1S/C13H15BrN2O2/c14-12-1-2-13(11(9-12)10-15)18-8-5-16-3-6-17-7-4-16/h1-2,9H,3-8H2. The van der Waals surface area contributed by atoms with Gasteiger partial charge in [-0.1, -0.05) is 15.9 Å². The summed E-state index contributed by atoms with van der Waals surface area (Å²) in [6.45, 7) is 4.95. The van der Waals surface area contributed by atoms with E-state index in [-0.39, 0.29) is 0 Å². The highest BCUT2D eigenvalue weighted by Gasteiger charge is 2.10. The van der Waals surface area contributed by atoms with E-state index >= 15 is 0 Å². The van der Waals surface area contributed by atoms with Crippen LogP contribution in [0.25, 0.3) is 0 Å². The van der Waals surface area contributed by atoms with E-state index in [1.54, 1.807) is 6.07 Å². The maximum absolute atomic E-state index is 9.01. The minimum absolute atomic E-state index is 0.561. The van der Waals surface area contributed by atoms with E-state index in [1.807, 2.05) is 12.1 Å². The average Bonchev–Trinajstić information content (AvgIpc) is 2.41. The van der Waals surface area contributed by atoms with Crippen molar-refractivity contribution in [2.45, 2.75) is 0 Å². The Bertz CT molecular complexity index is 439. The second-order valence-corrected chi connectivity index (χ2v) is 4.97. The van der Waals surface area contributed by atoms with Crippen molar-refractivity contribution in [1.29, 1.82) is 5.26 Å². The number of benzene rings is 1. The fourth-order valence-electron chi connectivity index (χ4n) is 1.82. The molecule has 0 aliphatic carbocycles. The summed E-state index contributed by atoms with van der Waals surface area (Å²) in [6.07, 6.45) is 0. The molecule has 1 aliphatic rings. The van der Waals surface area contributed by atoms with Crippen molar-refractivity contribution in [2.75, 3.05) is 39.5 Å². The maximum atomic E-state index is 9.01. The van der Waals surface area contributed by atoms with Crippen molar-refractivity contribution in [2.24, 2.45) is 0 Å². The normalized spacial score (nSPS) is 16.2. The highest BCUT2D eigenvalue weighted by Crippen LogP contribution is 2.22. The molecule has 0 spiro atoms. The summed E-state index contributed by atoms with van der Waals surface area (Å²) in [6, 6.07) is 7.61. The van der Waals surface area contributed by atoms with Crippen LogP contribution >= 0.6 is 15.9 Å². The Labute approximate surface area is 115 Å². The first-order chi connectivity index (χ1) is 8.79. The molecular weight excluding hydrogens is 296 g/mol. The van der Waals surface area contributed by atoms with Crippen LogP contribution in [0.2, 0.25) is 0 Å². The first-order valence-corrected chi connectivity index (χ1v) is 6.71. The van der Waals surface area contributed by atoms with Crippen LogP contribution in [0, 0.1) is 11.3 Å². The molecule has 1 fully saturated rings. The molecule has 0 N–H and O–H groups in total. The predicted octanol–water partition coefficient (Wildman–Crippen LogP) is 2.03. The molecule has 2 rings (SSSR count). The molecule has 1 aromatic carbocycles. The van der Waals surface area contributed by atoms with Crippen LogP contribution in [0.3, 0.4) is 0 Å². The second-order valence-electron chi connectivity index (χ2n) is 4.05. The third-order valence-electron chi connectivity index (χ3n) is 2.83. The zero-order valence-corrected chi connectivity index (χ0v) is 11.6. The van der Waals surface area contributed by atoms with Crippen LogP contribution in [-0.2, 0) is 4.74 Å². The van der Waals surface area contributed by atoms with E-state index in [1.165, 1.54) is 0 Å². The van der Waals surface area contributed by atoms with E-state index in [0.717, 1.165) is 37.3 Å². The summed E-state index contributed by atoms with van der Waals surface area (Å²) >= 11 is 3.34. The molecule has 0 aromatic heterocycles. The molecule has 0 bridgehead atoms. The van der Waals surface area contributed by atoms with E-state index < -0.39 is 0 Å². The Balaban J connectivity index is 1.84. The molecular formula is C13H15BrN2O2.